The first-order valence-electron chi connectivity index (χ1n) is 11.5. The third-order valence-corrected chi connectivity index (χ3v) is 6.39. The first-order valence-corrected chi connectivity index (χ1v) is 11.9. The molecule has 3 heterocycles. The lowest BCUT2D eigenvalue weighted by Crippen LogP contribution is -2.56. The summed E-state index contributed by atoms with van der Waals surface area (Å²) in [6.07, 6.45) is 1.25. The fourth-order valence-corrected chi connectivity index (χ4v) is 4.58. The second-order valence-corrected chi connectivity index (χ2v) is 8.82. The number of benzene rings is 1. The van der Waals surface area contributed by atoms with E-state index in [1.54, 1.807) is 17.9 Å². The van der Waals surface area contributed by atoms with Gasteiger partial charge < -0.3 is 25.6 Å². The zero-order chi connectivity index (χ0) is 24.2. The highest BCUT2D eigenvalue weighted by Gasteiger charge is 2.34. The van der Waals surface area contributed by atoms with Crippen LogP contribution in [-0.4, -0.2) is 78.2 Å². The number of halogens is 1. The van der Waals surface area contributed by atoms with Crippen molar-refractivity contribution in [3.8, 4) is 0 Å². The number of nitrogens with two attached hydrogens (primary N) is 1. The molecule has 0 saturated carbocycles. The number of nitrogens with zero attached hydrogens (tertiary/aromatic N) is 4. The van der Waals surface area contributed by atoms with E-state index in [0.717, 1.165) is 27.9 Å². The molecule has 2 fully saturated rings. The molecule has 1 aromatic carbocycles. The highest BCUT2D eigenvalue weighted by atomic mass is 35.5. The molecule has 2 aliphatic rings. The Morgan fingerprint density at radius 2 is 1.94 bits per heavy atom. The number of aromatic nitrogens is 1. The lowest BCUT2D eigenvalue weighted by atomic mass is 10.1. The first-order chi connectivity index (χ1) is 16.4. The molecule has 34 heavy (non-hydrogen) atoms. The van der Waals surface area contributed by atoms with Gasteiger partial charge in [0.1, 0.15) is 11.9 Å². The Balaban J connectivity index is 1.40. The molecule has 0 unspecified atom stereocenters. The molecular weight excluding hydrogens is 460 g/mol. The lowest BCUT2D eigenvalue weighted by Gasteiger charge is -2.37. The molecule has 10 nitrogen and oxygen atoms in total. The molecule has 0 bridgehead atoms. The monoisotopic (exact) mass is 488 g/mol. The molecule has 2 saturated heterocycles. The summed E-state index contributed by atoms with van der Waals surface area (Å²) in [6.45, 7) is 4.34. The quantitative estimate of drug-likeness (QED) is 0.681. The van der Waals surface area contributed by atoms with Crippen molar-refractivity contribution in [1.82, 2.24) is 20.1 Å². The molecule has 2 aromatic rings. The summed E-state index contributed by atoms with van der Waals surface area (Å²) in [5.41, 5.74) is 7.68. The molecule has 1 aromatic heterocycles. The molecule has 0 aliphatic carbocycles. The Morgan fingerprint density at radius 1 is 1.18 bits per heavy atom. The van der Waals surface area contributed by atoms with E-state index in [0.29, 0.717) is 56.4 Å². The number of rotatable bonds is 3. The Kier molecular flexibility index (Phi) is 7.26. The van der Waals surface area contributed by atoms with Crippen molar-refractivity contribution in [1.29, 1.82) is 0 Å². The number of pyridine rings is 1. The normalized spacial score (nSPS) is 19.2. The van der Waals surface area contributed by atoms with Crippen molar-refractivity contribution in [3.05, 3.63) is 29.3 Å². The predicted molar refractivity (Wildman–Crippen MR) is 130 cm³/mol. The van der Waals surface area contributed by atoms with E-state index in [1.165, 1.54) is 0 Å². The highest BCUT2D eigenvalue weighted by Crippen LogP contribution is 2.30. The number of piperazine rings is 1. The molecule has 182 valence electrons. The van der Waals surface area contributed by atoms with E-state index in [9.17, 15) is 14.4 Å². The van der Waals surface area contributed by atoms with Gasteiger partial charge in [-0.2, -0.15) is 0 Å². The first kappa shape index (κ1) is 23.9. The van der Waals surface area contributed by atoms with Gasteiger partial charge in [0, 0.05) is 54.9 Å². The van der Waals surface area contributed by atoms with Gasteiger partial charge in [0.05, 0.1) is 12.1 Å². The summed E-state index contributed by atoms with van der Waals surface area (Å²) in [6, 6.07) is 6.30. The fraction of sp³-hybridized carbons (Fsp3) is 0.478. The number of hydrogen-bond donors (Lipinski definition) is 2. The summed E-state index contributed by atoms with van der Waals surface area (Å²) >= 11 is 6.11. The van der Waals surface area contributed by atoms with Crippen molar-refractivity contribution >= 4 is 52.0 Å². The maximum absolute atomic E-state index is 12.9. The number of imide groups is 1. The summed E-state index contributed by atoms with van der Waals surface area (Å²) < 4.78 is 4.99. The van der Waals surface area contributed by atoms with Crippen molar-refractivity contribution in [2.75, 3.05) is 50.0 Å². The van der Waals surface area contributed by atoms with Crippen LogP contribution in [0.1, 0.15) is 26.2 Å². The molecule has 4 rings (SSSR count). The van der Waals surface area contributed by atoms with Gasteiger partial charge in [-0.25, -0.2) is 19.5 Å². The van der Waals surface area contributed by atoms with Gasteiger partial charge in [-0.3, -0.25) is 4.79 Å². The number of anilines is 2. The van der Waals surface area contributed by atoms with Crippen molar-refractivity contribution in [3.63, 3.8) is 0 Å². The van der Waals surface area contributed by atoms with E-state index in [-0.39, 0.29) is 12.6 Å². The molecular formula is C23H29ClN6O4. The molecule has 4 amide bonds. The van der Waals surface area contributed by atoms with Gasteiger partial charge in [0.25, 0.3) is 5.91 Å². The maximum Gasteiger partial charge on any atom is 0.416 e. The van der Waals surface area contributed by atoms with Crippen LogP contribution in [-0.2, 0) is 9.53 Å². The second-order valence-electron chi connectivity index (χ2n) is 8.39. The SMILES string of the molecule is CCOC(=O)N1CCCC[C@H](NC(=O)N2CCN(c3cc(N)nc4cc(Cl)ccc34)CC2)C1=O. The van der Waals surface area contributed by atoms with Gasteiger partial charge >= 0.3 is 12.1 Å². The number of hydrogen-bond acceptors (Lipinski definition) is 7. The number of nitrogens with one attached hydrogen (secondary N) is 1. The number of carbonyl (C=O) groups excluding carboxylic acids is 3. The maximum atomic E-state index is 12.9. The Morgan fingerprint density at radius 3 is 2.68 bits per heavy atom. The van der Waals surface area contributed by atoms with Crippen LogP contribution in [0.15, 0.2) is 24.3 Å². The Labute approximate surface area is 203 Å². The van der Waals surface area contributed by atoms with Crippen LogP contribution in [0.2, 0.25) is 5.02 Å². The van der Waals surface area contributed by atoms with E-state index >= 15 is 0 Å². The standard InChI is InChI=1S/C23H29ClN6O4/c1-2-34-23(33)30-8-4-3-5-17(21(30)31)27-22(32)29-11-9-28(10-12-29)19-14-20(25)26-18-13-15(24)6-7-16(18)19/h6-7,13-14,17H,2-5,8-12H2,1H3,(H2,25,26)(H,27,32)/t17-/m0/s1. The number of ether oxygens (including phenoxy) is 1. The van der Waals surface area contributed by atoms with E-state index in [4.69, 9.17) is 22.1 Å². The van der Waals surface area contributed by atoms with Crippen LogP contribution in [0, 0.1) is 0 Å². The zero-order valence-corrected chi connectivity index (χ0v) is 19.9. The number of likely N-dealkylation sites (tertiary alicyclic amines) is 1. The van der Waals surface area contributed by atoms with Gasteiger partial charge in [0.2, 0.25) is 0 Å². The average Bonchev–Trinajstić information content (AvgIpc) is 3.00. The Hall–Kier alpha value is -3.27. The van der Waals surface area contributed by atoms with Crippen molar-refractivity contribution in [2.24, 2.45) is 0 Å². The number of nitrogen functional groups attached to an aromatic ring is 1. The van der Waals surface area contributed by atoms with E-state index in [2.05, 4.69) is 15.2 Å². The van der Waals surface area contributed by atoms with Crippen molar-refractivity contribution < 1.29 is 19.1 Å². The van der Waals surface area contributed by atoms with Gasteiger partial charge in [-0.15, -0.1) is 0 Å². The molecule has 1 atom stereocenters. The second kappa shape index (κ2) is 10.3. The third-order valence-electron chi connectivity index (χ3n) is 6.15. The minimum Gasteiger partial charge on any atom is -0.449 e. The van der Waals surface area contributed by atoms with Crippen LogP contribution >= 0.6 is 11.6 Å². The lowest BCUT2D eigenvalue weighted by molar-refractivity contribution is -0.131. The van der Waals surface area contributed by atoms with Crippen LogP contribution < -0.4 is 16.0 Å². The number of urea groups is 1. The van der Waals surface area contributed by atoms with E-state index < -0.39 is 18.0 Å². The largest absolute Gasteiger partial charge is 0.449 e. The molecule has 0 spiro atoms. The van der Waals surface area contributed by atoms with Crippen molar-refractivity contribution in [2.45, 2.75) is 32.2 Å². The number of carbonyl (C=O) groups is 3. The van der Waals surface area contributed by atoms with E-state index in [1.807, 2.05) is 18.2 Å². The molecule has 0 radical (unpaired) electrons. The zero-order valence-electron chi connectivity index (χ0n) is 19.1. The van der Waals surface area contributed by atoms with Crippen LogP contribution in [0.3, 0.4) is 0 Å². The van der Waals surface area contributed by atoms with Gasteiger partial charge in [-0.05, 0) is 44.4 Å². The topological polar surface area (TPSA) is 121 Å². The van der Waals surface area contributed by atoms with Crippen LogP contribution in [0.4, 0.5) is 21.1 Å². The van der Waals surface area contributed by atoms with Gasteiger partial charge in [0.15, 0.2) is 0 Å². The highest BCUT2D eigenvalue weighted by molar-refractivity contribution is 6.31. The number of fused-ring (bicyclic) bond motifs is 1. The van der Waals surface area contributed by atoms with Gasteiger partial charge in [-0.1, -0.05) is 11.6 Å². The Bertz CT molecular complexity index is 1080. The van der Waals surface area contributed by atoms with Crippen LogP contribution in [0.25, 0.3) is 10.9 Å². The smallest absolute Gasteiger partial charge is 0.416 e. The summed E-state index contributed by atoms with van der Waals surface area (Å²) in [5.74, 6) is -0.0108. The summed E-state index contributed by atoms with van der Waals surface area (Å²) in [5, 5.41) is 4.36. The predicted octanol–water partition coefficient (Wildman–Crippen LogP) is 2.84. The molecule has 2 aliphatic heterocycles. The molecule has 11 heteroatoms. The fourth-order valence-electron chi connectivity index (χ4n) is 4.41. The minimum absolute atomic E-state index is 0.190. The average molecular weight is 489 g/mol. The third kappa shape index (κ3) is 5.11. The molecule has 3 N–H and O–H groups in total. The summed E-state index contributed by atoms with van der Waals surface area (Å²) in [4.78, 5) is 47.2. The number of amides is 4. The minimum atomic E-state index is -0.744. The summed E-state index contributed by atoms with van der Waals surface area (Å²) in [7, 11) is 0. The van der Waals surface area contributed by atoms with Crippen LogP contribution in [0.5, 0.6) is 0 Å².